The van der Waals surface area contributed by atoms with E-state index in [2.05, 4.69) is 0 Å². The Morgan fingerprint density at radius 1 is 1.00 bits per heavy atom. The Bertz CT molecular complexity index is 468. The number of nitrogens with two attached hydrogens (primary N) is 2. The van der Waals surface area contributed by atoms with Crippen LogP contribution in [0, 0.1) is 5.21 Å². The molecular weight excluding hydrogens is 166 g/mol. The summed E-state index contributed by atoms with van der Waals surface area (Å²) in [4.78, 5) is 0. The maximum atomic E-state index is 11.0. The van der Waals surface area contributed by atoms with E-state index < -0.39 is 0 Å². The van der Waals surface area contributed by atoms with Crippen molar-refractivity contribution in [3.63, 3.8) is 0 Å². The average Bonchev–Trinajstić information content (AvgIpc) is 2.12. The fourth-order valence-electron chi connectivity index (χ4n) is 1.32. The van der Waals surface area contributed by atoms with Crippen LogP contribution >= 0.6 is 0 Å². The first-order chi connectivity index (χ1) is 6.18. The van der Waals surface area contributed by atoms with E-state index in [1.807, 2.05) is 0 Å². The molecule has 0 saturated heterocycles. The number of rotatable bonds is 0. The molecule has 0 aliphatic carbocycles. The predicted octanol–water partition coefficient (Wildman–Crippen LogP) is 0.638. The van der Waals surface area contributed by atoms with Gasteiger partial charge >= 0.3 is 0 Å². The number of hydrogen-bond acceptors (Lipinski definition) is 3. The van der Waals surface area contributed by atoms with Gasteiger partial charge in [0.05, 0.1) is 5.39 Å². The van der Waals surface area contributed by atoms with E-state index in [4.69, 9.17) is 11.5 Å². The number of nitrogen functional groups attached to an aromatic ring is 2. The van der Waals surface area contributed by atoms with Gasteiger partial charge in [-0.15, -0.1) is 0 Å². The van der Waals surface area contributed by atoms with Crippen LogP contribution in [0.15, 0.2) is 30.6 Å². The molecule has 0 amide bonds. The summed E-state index contributed by atoms with van der Waals surface area (Å²) in [5.41, 5.74) is 12.6. The number of nitrogens with zero attached hydrogens (tertiary/aromatic N) is 1. The van der Waals surface area contributed by atoms with E-state index in [0.717, 1.165) is 5.39 Å². The van der Waals surface area contributed by atoms with E-state index in [1.165, 1.54) is 12.4 Å². The van der Waals surface area contributed by atoms with E-state index in [-0.39, 0.29) is 0 Å². The summed E-state index contributed by atoms with van der Waals surface area (Å²) in [7, 11) is 0. The second kappa shape index (κ2) is 2.52. The Kier molecular flexibility index (Phi) is 1.48. The van der Waals surface area contributed by atoms with Crippen LogP contribution in [0.2, 0.25) is 0 Å². The Morgan fingerprint density at radius 2 is 1.62 bits per heavy atom. The molecule has 0 saturated carbocycles. The molecule has 2 aromatic rings. The Hall–Kier alpha value is -1.97. The fourth-order valence-corrected chi connectivity index (χ4v) is 1.32. The summed E-state index contributed by atoms with van der Waals surface area (Å²) in [6.07, 6.45) is 2.82. The number of aromatic nitrogens is 1. The van der Waals surface area contributed by atoms with Crippen LogP contribution in [0.4, 0.5) is 11.4 Å². The quantitative estimate of drug-likeness (QED) is 0.350. The first kappa shape index (κ1) is 7.67. The lowest BCUT2D eigenvalue weighted by Gasteiger charge is -2.04. The van der Waals surface area contributed by atoms with E-state index >= 15 is 0 Å². The van der Waals surface area contributed by atoms with Gasteiger partial charge in [0, 0.05) is 22.8 Å². The molecule has 13 heavy (non-hydrogen) atoms. The van der Waals surface area contributed by atoms with Crippen LogP contribution < -0.4 is 16.2 Å². The first-order valence-electron chi connectivity index (χ1n) is 3.85. The predicted molar refractivity (Wildman–Crippen MR) is 51.7 cm³/mol. The molecule has 0 radical (unpaired) electrons. The fraction of sp³-hybridized carbons (Fsp3) is 0. The van der Waals surface area contributed by atoms with Gasteiger partial charge in [-0.2, -0.15) is 4.73 Å². The molecule has 0 fully saturated rings. The highest BCUT2D eigenvalue weighted by molar-refractivity contribution is 5.99. The van der Waals surface area contributed by atoms with Crippen molar-refractivity contribution in [2.45, 2.75) is 0 Å². The zero-order valence-corrected chi connectivity index (χ0v) is 6.90. The van der Waals surface area contributed by atoms with Crippen molar-refractivity contribution < 1.29 is 4.73 Å². The van der Waals surface area contributed by atoms with Gasteiger partial charge in [0.15, 0.2) is 12.4 Å². The molecule has 4 nitrogen and oxygen atoms in total. The van der Waals surface area contributed by atoms with Crippen molar-refractivity contribution in [2.24, 2.45) is 0 Å². The molecule has 0 atom stereocenters. The second-order valence-corrected chi connectivity index (χ2v) is 2.88. The zero-order chi connectivity index (χ0) is 9.42. The van der Waals surface area contributed by atoms with Gasteiger partial charge in [-0.25, -0.2) is 0 Å². The molecule has 1 aromatic heterocycles. The summed E-state index contributed by atoms with van der Waals surface area (Å²) >= 11 is 0. The Balaban J connectivity index is 2.92. The van der Waals surface area contributed by atoms with Gasteiger partial charge in [-0.3, -0.25) is 0 Å². The highest BCUT2D eigenvalue weighted by Crippen LogP contribution is 2.24. The van der Waals surface area contributed by atoms with E-state index in [1.54, 1.807) is 18.2 Å². The van der Waals surface area contributed by atoms with E-state index in [0.29, 0.717) is 21.5 Å². The molecule has 0 aliphatic heterocycles. The lowest BCUT2D eigenvalue weighted by atomic mass is 10.1. The van der Waals surface area contributed by atoms with Gasteiger partial charge in [0.1, 0.15) is 0 Å². The minimum absolute atomic E-state index is 0.564. The van der Waals surface area contributed by atoms with Crippen LogP contribution in [0.5, 0.6) is 0 Å². The maximum Gasteiger partial charge on any atom is 0.190 e. The number of pyridine rings is 1. The van der Waals surface area contributed by atoms with Crippen LogP contribution in [0.1, 0.15) is 0 Å². The van der Waals surface area contributed by atoms with Crippen molar-refractivity contribution in [1.29, 1.82) is 0 Å². The molecule has 0 aliphatic rings. The smallest absolute Gasteiger partial charge is 0.190 e. The second-order valence-electron chi connectivity index (χ2n) is 2.88. The first-order valence-corrected chi connectivity index (χ1v) is 3.85. The topological polar surface area (TPSA) is 79.0 Å². The minimum atomic E-state index is 0.564. The monoisotopic (exact) mass is 175 g/mol. The molecule has 4 heteroatoms. The normalized spacial score (nSPS) is 10.5. The third-order valence-corrected chi connectivity index (χ3v) is 2.00. The van der Waals surface area contributed by atoms with Crippen molar-refractivity contribution in [2.75, 3.05) is 11.5 Å². The van der Waals surface area contributed by atoms with Crippen LogP contribution in [0.3, 0.4) is 0 Å². The van der Waals surface area contributed by atoms with Crippen molar-refractivity contribution >= 4 is 22.1 Å². The Labute approximate surface area is 75.0 Å². The summed E-state index contributed by atoms with van der Waals surface area (Å²) < 4.78 is 0.706. The summed E-state index contributed by atoms with van der Waals surface area (Å²) in [5.74, 6) is 0. The maximum absolute atomic E-state index is 11.0. The third-order valence-electron chi connectivity index (χ3n) is 2.00. The van der Waals surface area contributed by atoms with Crippen LogP contribution in [-0.4, -0.2) is 0 Å². The van der Waals surface area contributed by atoms with Gasteiger partial charge in [-0.05, 0) is 12.1 Å². The third kappa shape index (κ3) is 1.12. The highest BCUT2D eigenvalue weighted by Gasteiger charge is 2.04. The van der Waals surface area contributed by atoms with Gasteiger partial charge in [0.2, 0.25) is 0 Å². The number of fused-ring (bicyclic) bond motifs is 1. The molecule has 1 heterocycles. The zero-order valence-electron chi connectivity index (χ0n) is 6.90. The molecule has 66 valence electrons. The standard InChI is InChI=1S/C9H9N3O/c10-8-1-2-9(11)7-5-12(13)4-3-6(7)8/h1-5H,10-11H2. The molecular formula is C9H9N3O. The van der Waals surface area contributed by atoms with Gasteiger partial charge in [-0.1, -0.05) is 0 Å². The van der Waals surface area contributed by atoms with Crippen molar-refractivity contribution in [1.82, 2.24) is 0 Å². The summed E-state index contributed by atoms with van der Waals surface area (Å²) in [6, 6.07) is 5.08. The summed E-state index contributed by atoms with van der Waals surface area (Å²) in [6.45, 7) is 0. The highest BCUT2D eigenvalue weighted by atomic mass is 16.5. The molecule has 0 spiro atoms. The van der Waals surface area contributed by atoms with Crippen LogP contribution in [-0.2, 0) is 0 Å². The van der Waals surface area contributed by atoms with Crippen molar-refractivity contribution in [3.05, 3.63) is 35.8 Å². The molecule has 0 bridgehead atoms. The number of benzene rings is 1. The van der Waals surface area contributed by atoms with Crippen molar-refractivity contribution in [3.8, 4) is 0 Å². The van der Waals surface area contributed by atoms with Gasteiger partial charge in [0.25, 0.3) is 0 Å². The number of anilines is 2. The van der Waals surface area contributed by atoms with Crippen LogP contribution in [0.25, 0.3) is 10.8 Å². The molecule has 2 rings (SSSR count). The minimum Gasteiger partial charge on any atom is -0.619 e. The summed E-state index contributed by atoms with van der Waals surface area (Å²) in [5, 5.41) is 12.5. The largest absolute Gasteiger partial charge is 0.619 e. The lowest BCUT2D eigenvalue weighted by Crippen LogP contribution is -2.24. The molecule has 0 unspecified atom stereocenters. The molecule has 4 N–H and O–H groups in total. The lowest BCUT2D eigenvalue weighted by molar-refractivity contribution is -0.603. The average molecular weight is 175 g/mol. The van der Waals surface area contributed by atoms with E-state index in [9.17, 15) is 5.21 Å². The van der Waals surface area contributed by atoms with Gasteiger partial charge < -0.3 is 16.7 Å². The molecule has 1 aromatic carbocycles. The Morgan fingerprint density at radius 3 is 2.31 bits per heavy atom. The SMILES string of the molecule is Nc1ccc(N)c2c[n+]([O-])ccc12. The number of hydrogen-bond donors (Lipinski definition) is 2.